The summed E-state index contributed by atoms with van der Waals surface area (Å²) in [4.78, 5) is 12.3. The second-order valence-electron chi connectivity index (χ2n) is 5.31. The van der Waals surface area contributed by atoms with E-state index >= 15 is 0 Å². The van der Waals surface area contributed by atoms with Crippen LogP contribution in [-0.4, -0.2) is 24.7 Å². The van der Waals surface area contributed by atoms with Gasteiger partial charge in [0.2, 0.25) is 0 Å². The third kappa shape index (κ3) is 3.01. The minimum absolute atomic E-state index is 0.339. The van der Waals surface area contributed by atoms with E-state index in [-0.39, 0.29) is 0 Å². The smallest absolute Gasteiger partial charge is 0.142 e. The summed E-state index contributed by atoms with van der Waals surface area (Å²) in [7, 11) is 0. The lowest BCUT2D eigenvalue weighted by Gasteiger charge is -2.06. The van der Waals surface area contributed by atoms with Crippen LogP contribution in [0, 0.1) is 0 Å². The number of anilines is 3. The molecule has 0 amide bonds. The SMILES string of the molecule is Nc1cc(Nc2ncc(Cl)c3nn(-c4c(Cl)cccc4Cl)cc23)ncn1. The zero-order chi connectivity index (χ0) is 18.3. The Morgan fingerprint density at radius 2 is 1.77 bits per heavy atom. The Hall–Kier alpha value is -2.61. The van der Waals surface area contributed by atoms with Crippen molar-refractivity contribution >= 4 is 63.2 Å². The number of nitrogens with two attached hydrogens (primary N) is 1. The number of para-hydroxylation sites is 1. The maximum absolute atomic E-state index is 6.28. The molecule has 26 heavy (non-hydrogen) atoms. The molecule has 0 bridgehead atoms. The molecule has 0 fully saturated rings. The van der Waals surface area contributed by atoms with Gasteiger partial charge >= 0.3 is 0 Å². The highest BCUT2D eigenvalue weighted by Crippen LogP contribution is 2.33. The number of nitrogen functional groups attached to an aromatic ring is 1. The minimum atomic E-state index is 0.339. The molecule has 0 saturated heterocycles. The Morgan fingerprint density at radius 1 is 1.00 bits per heavy atom. The fraction of sp³-hybridized carbons (Fsp3) is 0. The van der Waals surface area contributed by atoms with Gasteiger partial charge in [-0.3, -0.25) is 0 Å². The standard InChI is InChI=1S/C16H10Cl3N7/c17-9-2-1-3-10(18)15(9)26-6-8-14(25-26)11(19)5-21-16(8)24-13-4-12(20)22-7-23-13/h1-7H,(H3,20,21,22,23,24). The van der Waals surface area contributed by atoms with Crippen LogP contribution < -0.4 is 11.1 Å². The highest BCUT2D eigenvalue weighted by molar-refractivity contribution is 6.38. The van der Waals surface area contributed by atoms with E-state index in [2.05, 4.69) is 25.4 Å². The Balaban J connectivity index is 1.86. The summed E-state index contributed by atoms with van der Waals surface area (Å²) in [5.41, 5.74) is 6.78. The molecule has 0 aliphatic heterocycles. The van der Waals surface area contributed by atoms with Crippen molar-refractivity contribution in [2.75, 3.05) is 11.1 Å². The van der Waals surface area contributed by atoms with Gasteiger partial charge in [-0.05, 0) is 12.1 Å². The van der Waals surface area contributed by atoms with Crippen molar-refractivity contribution in [1.29, 1.82) is 0 Å². The van der Waals surface area contributed by atoms with E-state index < -0.39 is 0 Å². The summed E-state index contributed by atoms with van der Waals surface area (Å²) < 4.78 is 1.57. The lowest BCUT2D eigenvalue weighted by Crippen LogP contribution is -1.99. The average Bonchev–Trinajstić information content (AvgIpc) is 3.03. The number of benzene rings is 1. The number of aromatic nitrogens is 5. The Morgan fingerprint density at radius 3 is 2.50 bits per heavy atom. The van der Waals surface area contributed by atoms with Crippen LogP contribution in [0.4, 0.5) is 17.5 Å². The van der Waals surface area contributed by atoms with Crippen LogP contribution in [0.5, 0.6) is 0 Å². The van der Waals surface area contributed by atoms with E-state index in [1.807, 2.05) is 0 Å². The molecule has 0 radical (unpaired) electrons. The lowest BCUT2D eigenvalue weighted by molar-refractivity contribution is 0.897. The number of halogens is 3. The number of hydrogen-bond donors (Lipinski definition) is 2. The van der Waals surface area contributed by atoms with Crippen LogP contribution in [0.2, 0.25) is 15.1 Å². The molecule has 130 valence electrons. The van der Waals surface area contributed by atoms with Gasteiger partial charge in [0.1, 0.15) is 35.0 Å². The molecule has 0 atom stereocenters. The first-order chi connectivity index (χ1) is 12.5. The lowest BCUT2D eigenvalue weighted by atomic mass is 10.3. The van der Waals surface area contributed by atoms with Crippen LogP contribution in [0.15, 0.2) is 43.0 Å². The van der Waals surface area contributed by atoms with Crippen molar-refractivity contribution in [3.63, 3.8) is 0 Å². The Kier molecular flexibility index (Phi) is 4.28. The summed E-state index contributed by atoms with van der Waals surface area (Å²) in [6.45, 7) is 0. The van der Waals surface area contributed by atoms with Gasteiger partial charge < -0.3 is 11.1 Å². The number of fused-ring (bicyclic) bond motifs is 1. The first kappa shape index (κ1) is 16.8. The van der Waals surface area contributed by atoms with Gasteiger partial charge in [0, 0.05) is 12.3 Å². The van der Waals surface area contributed by atoms with Crippen LogP contribution in [0.1, 0.15) is 0 Å². The molecule has 0 spiro atoms. The van der Waals surface area contributed by atoms with Gasteiger partial charge in [-0.2, -0.15) is 5.10 Å². The van der Waals surface area contributed by atoms with E-state index in [9.17, 15) is 0 Å². The summed E-state index contributed by atoms with van der Waals surface area (Å²) in [5.74, 6) is 1.35. The minimum Gasteiger partial charge on any atom is -0.384 e. The summed E-state index contributed by atoms with van der Waals surface area (Å²) >= 11 is 18.8. The van der Waals surface area contributed by atoms with E-state index in [4.69, 9.17) is 40.5 Å². The third-order valence-corrected chi connectivity index (χ3v) is 4.49. The van der Waals surface area contributed by atoms with Gasteiger partial charge in [0.15, 0.2) is 0 Å². The number of hydrogen-bond acceptors (Lipinski definition) is 6. The fourth-order valence-electron chi connectivity index (χ4n) is 2.46. The Labute approximate surface area is 162 Å². The predicted molar refractivity (Wildman–Crippen MR) is 104 cm³/mol. The maximum Gasteiger partial charge on any atom is 0.142 e. The van der Waals surface area contributed by atoms with Gasteiger partial charge in [0.05, 0.1) is 26.7 Å². The topological polar surface area (TPSA) is 94.5 Å². The molecule has 4 rings (SSSR count). The normalized spacial score (nSPS) is 11.0. The first-order valence-corrected chi connectivity index (χ1v) is 8.49. The molecule has 4 aromatic rings. The zero-order valence-electron chi connectivity index (χ0n) is 13.0. The van der Waals surface area contributed by atoms with E-state index in [1.54, 1.807) is 35.1 Å². The second-order valence-corrected chi connectivity index (χ2v) is 6.54. The number of pyridine rings is 1. The first-order valence-electron chi connectivity index (χ1n) is 7.36. The maximum atomic E-state index is 6.28. The van der Waals surface area contributed by atoms with Gasteiger partial charge in [-0.15, -0.1) is 0 Å². The molecular formula is C16H10Cl3N7. The quantitative estimate of drug-likeness (QED) is 0.520. The van der Waals surface area contributed by atoms with Crippen LogP contribution in [-0.2, 0) is 0 Å². The van der Waals surface area contributed by atoms with Crippen molar-refractivity contribution in [3.05, 3.63) is 58.1 Å². The molecule has 0 aliphatic rings. The predicted octanol–water partition coefficient (Wildman–Crippen LogP) is 4.50. The van der Waals surface area contributed by atoms with Crippen LogP contribution in [0.25, 0.3) is 16.6 Å². The van der Waals surface area contributed by atoms with E-state index in [1.165, 1.54) is 12.5 Å². The van der Waals surface area contributed by atoms with Crippen molar-refractivity contribution in [2.24, 2.45) is 0 Å². The fourth-order valence-corrected chi connectivity index (χ4v) is 3.22. The molecule has 0 saturated carbocycles. The third-order valence-electron chi connectivity index (χ3n) is 3.60. The number of rotatable bonds is 3. The molecule has 10 heteroatoms. The van der Waals surface area contributed by atoms with Crippen molar-refractivity contribution in [3.8, 4) is 5.69 Å². The average molecular weight is 407 g/mol. The molecule has 7 nitrogen and oxygen atoms in total. The molecule has 1 aromatic carbocycles. The summed E-state index contributed by atoms with van der Waals surface area (Å²) in [5, 5.41) is 9.59. The van der Waals surface area contributed by atoms with Crippen LogP contribution >= 0.6 is 34.8 Å². The monoisotopic (exact) mass is 405 g/mol. The van der Waals surface area contributed by atoms with Gasteiger partial charge in [0.25, 0.3) is 0 Å². The molecule has 3 aromatic heterocycles. The highest BCUT2D eigenvalue weighted by atomic mass is 35.5. The van der Waals surface area contributed by atoms with Gasteiger partial charge in [-0.25, -0.2) is 19.6 Å². The number of nitrogens with one attached hydrogen (secondary N) is 1. The van der Waals surface area contributed by atoms with E-state index in [0.717, 1.165) is 0 Å². The molecule has 3 heterocycles. The zero-order valence-corrected chi connectivity index (χ0v) is 15.3. The molecule has 0 aliphatic carbocycles. The van der Waals surface area contributed by atoms with Crippen molar-refractivity contribution in [2.45, 2.75) is 0 Å². The molecule has 3 N–H and O–H groups in total. The Bertz CT molecular complexity index is 1110. The molecule has 0 unspecified atom stereocenters. The second kappa shape index (κ2) is 6.60. The molecular weight excluding hydrogens is 397 g/mol. The van der Waals surface area contributed by atoms with Crippen molar-refractivity contribution < 1.29 is 0 Å². The van der Waals surface area contributed by atoms with Crippen molar-refractivity contribution in [1.82, 2.24) is 24.7 Å². The number of nitrogens with zero attached hydrogens (tertiary/aromatic N) is 5. The summed E-state index contributed by atoms with van der Waals surface area (Å²) in [6, 6.07) is 6.82. The van der Waals surface area contributed by atoms with Crippen LogP contribution in [0.3, 0.4) is 0 Å². The highest BCUT2D eigenvalue weighted by Gasteiger charge is 2.15. The summed E-state index contributed by atoms with van der Waals surface area (Å²) in [6.07, 6.45) is 4.61. The van der Waals surface area contributed by atoms with E-state index in [0.29, 0.717) is 49.1 Å². The largest absolute Gasteiger partial charge is 0.384 e. The van der Waals surface area contributed by atoms with Gasteiger partial charge in [-0.1, -0.05) is 40.9 Å².